The molecule has 0 radical (unpaired) electrons. The number of para-hydroxylation sites is 1. The zero-order chi connectivity index (χ0) is 14.1. The molecule has 1 aromatic rings. The van der Waals surface area contributed by atoms with Crippen molar-refractivity contribution >= 4 is 5.97 Å². The van der Waals surface area contributed by atoms with Crippen LogP contribution in [0.15, 0.2) is 24.3 Å². The van der Waals surface area contributed by atoms with Crippen LogP contribution in [0.25, 0.3) is 0 Å². The normalized spacial score (nSPS) is 11.9. The summed E-state index contributed by atoms with van der Waals surface area (Å²) in [4.78, 5) is 11.7. The first-order valence-corrected chi connectivity index (χ1v) is 6.66. The highest BCUT2D eigenvalue weighted by Crippen LogP contribution is 2.21. The summed E-state index contributed by atoms with van der Waals surface area (Å²) in [6.07, 6.45) is 2.47. The van der Waals surface area contributed by atoms with E-state index >= 15 is 0 Å². The van der Waals surface area contributed by atoms with Crippen molar-refractivity contribution in [1.82, 2.24) is 0 Å². The molecular formula is C15H22O4. The van der Waals surface area contributed by atoms with Gasteiger partial charge in [0.05, 0.1) is 7.11 Å². The minimum atomic E-state index is -0.579. The van der Waals surface area contributed by atoms with Crippen LogP contribution in [0.4, 0.5) is 0 Å². The van der Waals surface area contributed by atoms with Gasteiger partial charge in [0.15, 0.2) is 6.10 Å². The lowest BCUT2D eigenvalue weighted by molar-refractivity contribution is -0.149. The summed E-state index contributed by atoms with van der Waals surface area (Å²) >= 11 is 0. The Morgan fingerprint density at radius 2 is 2.11 bits per heavy atom. The first-order valence-electron chi connectivity index (χ1n) is 6.66. The fourth-order valence-electron chi connectivity index (χ4n) is 1.84. The molecule has 0 fully saturated rings. The Labute approximate surface area is 114 Å². The zero-order valence-electron chi connectivity index (χ0n) is 11.6. The molecule has 0 bridgehead atoms. The molecule has 0 aliphatic heterocycles. The Morgan fingerprint density at radius 3 is 2.74 bits per heavy atom. The van der Waals surface area contributed by atoms with Crippen LogP contribution in [0, 0.1) is 0 Å². The summed E-state index contributed by atoms with van der Waals surface area (Å²) in [6, 6.07) is 7.44. The lowest BCUT2D eigenvalue weighted by Gasteiger charge is -2.18. The van der Waals surface area contributed by atoms with Gasteiger partial charge in [0.2, 0.25) is 0 Å². The second-order valence-electron chi connectivity index (χ2n) is 4.35. The van der Waals surface area contributed by atoms with Crippen LogP contribution in [0.2, 0.25) is 0 Å². The van der Waals surface area contributed by atoms with Crippen molar-refractivity contribution in [3.05, 3.63) is 29.8 Å². The third kappa shape index (κ3) is 4.91. The van der Waals surface area contributed by atoms with Crippen LogP contribution >= 0.6 is 0 Å². The first kappa shape index (κ1) is 15.5. The number of esters is 1. The van der Waals surface area contributed by atoms with Crippen LogP contribution in [0.1, 0.15) is 31.7 Å². The van der Waals surface area contributed by atoms with Crippen molar-refractivity contribution in [3.63, 3.8) is 0 Å². The number of benzene rings is 1. The Morgan fingerprint density at radius 1 is 1.37 bits per heavy atom. The molecule has 0 spiro atoms. The topological polar surface area (TPSA) is 55.8 Å². The van der Waals surface area contributed by atoms with Crippen LogP contribution in [0.5, 0.6) is 5.75 Å². The number of hydrogen-bond acceptors (Lipinski definition) is 4. The van der Waals surface area contributed by atoms with Crippen LogP contribution in [0.3, 0.4) is 0 Å². The molecule has 0 amide bonds. The van der Waals surface area contributed by atoms with Gasteiger partial charge in [-0.2, -0.15) is 0 Å². The minimum Gasteiger partial charge on any atom is -0.478 e. The monoisotopic (exact) mass is 266 g/mol. The Balaban J connectivity index is 2.79. The summed E-state index contributed by atoms with van der Waals surface area (Å²) in [7, 11) is 1.37. The van der Waals surface area contributed by atoms with E-state index in [0.29, 0.717) is 18.6 Å². The summed E-state index contributed by atoms with van der Waals surface area (Å²) in [5.41, 5.74) is 0.899. The van der Waals surface area contributed by atoms with E-state index in [1.54, 1.807) is 0 Å². The first-order chi connectivity index (χ1) is 9.22. The predicted octanol–water partition coefficient (Wildman–Crippen LogP) is 2.33. The number of carbonyl (C=O) groups is 1. The van der Waals surface area contributed by atoms with Gasteiger partial charge in [0.25, 0.3) is 0 Å². The highest BCUT2D eigenvalue weighted by Gasteiger charge is 2.21. The maximum atomic E-state index is 11.7. The van der Waals surface area contributed by atoms with Gasteiger partial charge in [-0.15, -0.1) is 0 Å². The fourth-order valence-corrected chi connectivity index (χ4v) is 1.84. The number of unbranched alkanes of at least 4 members (excludes halogenated alkanes) is 1. The van der Waals surface area contributed by atoms with Gasteiger partial charge in [-0.05, 0) is 30.9 Å². The highest BCUT2D eigenvalue weighted by molar-refractivity contribution is 5.75. The molecule has 0 saturated carbocycles. The van der Waals surface area contributed by atoms with Crippen LogP contribution in [-0.2, 0) is 16.0 Å². The summed E-state index contributed by atoms with van der Waals surface area (Å²) in [5.74, 6) is 0.287. The van der Waals surface area contributed by atoms with Crippen molar-refractivity contribution in [1.29, 1.82) is 0 Å². The average Bonchev–Trinajstić information content (AvgIpc) is 2.44. The van der Waals surface area contributed by atoms with Gasteiger partial charge < -0.3 is 14.6 Å². The Bertz CT molecular complexity index is 389. The van der Waals surface area contributed by atoms with Crippen molar-refractivity contribution < 1.29 is 19.4 Å². The van der Waals surface area contributed by atoms with E-state index < -0.39 is 6.10 Å². The number of aliphatic hydroxyl groups excluding tert-OH is 1. The zero-order valence-corrected chi connectivity index (χ0v) is 11.6. The number of carbonyl (C=O) groups excluding carboxylic acids is 1. The molecule has 0 saturated heterocycles. The molecular weight excluding hydrogens is 244 g/mol. The number of ether oxygens (including phenoxy) is 2. The lowest BCUT2D eigenvalue weighted by Crippen LogP contribution is -2.29. The van der Waals surface area contributed by atoms with Crippen molar-refractivity contribution in [2.45, 2.75) is 38.7 Å². The largest absolute Gasteiger partial charge is 0.478 e. The molecule has 4 heteroatoms. The third-order valence-corrected chi connectivity index (χ3v) is 2.91. The Hall–Kier alpha value is -1.55. The molecule has 19 heavy (non-hydrogen) atoms. The molecule has 0 heterocycles. The second-order valence-corrected chi connectivity index (χ2v) is 4.35. The van der Waals surface area contributed by atoms with Gasteiger partial charge in [-0.3, -0.25) is 0 Å². The van der Waals surface area contributed by atoms with E-state index in [1.165, 1.54) is 7.11 Å². The van der Waals surface area contributed by atoms with Gasteiger partial charge in [-0.1, -0.05) is 31.5 Å². The van der Waals surface area contributed by atoms with E-state index in [0.717, 1.165) is 18.4 Å². The van der Waals surface area contributed by atoms with Crippen LogP contribution < -0.4 is 4.74 Å². The van der Waals surface area contributed by atoms with Gasteiger partial charge in [0.1, 0.15) is 5.75 Å². The smallest absolute Gasteiger partial charge is 0.347 e. The molecule has 0 aromatic heterocycles. The number of hydrogen-bond donors (Lipinski definition) is 1. The van der Waals surface area contributed by atoms with Crippen molar-refractivity contribution in [2.24, 2.45) is 0 Å². The molecule has 1 unspecified atom stereocenters. The minimum absolute atomic E-state index is 0.0538. The number of aliphatic hydroxyl groups is 1. The van der Waals surface area contributed by atoms with E-state index in [1.807, 2.05) is 24.3 Å². The van der Waals surface area contributed by atoms with Gasteiger partial charge >= 0.3 is 5.97 Å². The molecule has 0 aliphatic rings. The van der Waals surface area contributed by atoms with Gasteiger partial charge in [0, 0.05) is 6.61 Å². The lowest BCUT2D eigenvalue weighted by atomic mass is 10.1. The van der Waals surface area contributed by atoms with Crippen molar-refractivity contribution in [3.8, 4) is 5.75 Å². The molecule has 1 atom stereocenters. The average molecular weight is 266 g/mol. The van der Waals surface area contributed by atoms with Gasteiger partial charge in [-0.25, -0.2) is 4.79 Å². The van der Waals surface area contributed by atoms with Crippen molar-refractivity contribution in [2.75, 3.05) is 13.7 Å². The molecule has 1 aromatic carbocycles. The maximum absolute atomic E-state index is 11.7. The van der Waals surface area contributed by atoms with Crippen LogP contribution in [-0.4, -0.2) is 30.9 Å². The summed E-state index contributed by atoms with van der Waals surface area (Å²) < 4.78 is 10.5. The second kappa shape index (κ2) is 8.53. The van der Waals surface area contributed by atoms with E-state index in [4.69, 9.17) is 14.6 Å². The van der Waals surface area contributed by atoms with E-state index in [-0.39, 0.29) is 12.6 Å². The predicted molar refractivity (Wildman–Crippen MR) is 73.2 cm³/mol. The number of methoxy groups -OCH3 is 1. The molecule has 4 nitrogen and oxygen atoms in total. The molecule has 1 N–H and O–H groups in total. The number of rotatable bonds is 8. The standard InChI is InChI=1S/C15H22O4/c1-3-4-8-14(15(17)18-2)19-13-9-6-5-7-12(13)10-11-16/h5-7,9,14,16H,3-4,8,10-11H2,1-2H3. The summed E-state index contributed by atoms with van der Waals surface area (Å²) in [6.45, 7) is 2.12. The fraction of sp³-hybridized carbons (Fsp3) is 0.533. The quantitative estimate of drug-likeness (QED) is 0.734. The third-order valence-electron chi connectivity index (χ3n) is 2.91. The molecule has 1 rings (SSSR count). The van der Waals surface area contributed by atoms with E-state index in [2.05, 4.69) is 6.92 Å². The molecule has 0 aliphatic carbocycles. The van der Waals surface area contributed by atoms with E-state index in [9.17, 15) is 4.79 Å². The summed E-state index contributed by atoms with van der Waals surface area (Å²) in [5, 5.41) is 9.03. The highest BCUT2D eigenvalue weighted by atomic mass is 16.6. The Kier molecular flexibility index (Phi) is 6.97. The maximum Gasteiger partial charge on any atom is 0.347 e. The molecule has 106 valence electrons. The SMILES string of the molecule is CCCCC(Oc1ccccc1CCO)C(=O)OC.